The minimum atomic E-state index is -0.0340. The third-order valence-corrected chi connectivity index (χ3v) is 4.80. The summed E-state index contributed by atoms with van der Waals surface area (Å²) in [6, 6.07) is 7.18. The number of allylic oxidation sites excluding steroid dienone is 5. The van der Waals surface area contributed by atoms with Gasteiger partial charge < -0.3 is 10.1 Å². The lowest BCUT2D eigenvalue weighted by Gasteiger charge is -2.10. The van der Waals surface area contributed by atoms with Crippen LogP contribution < -0.4 is 10.1 Å². The first-order chi connectivity index (χ1) is 13.1. The number of ketones is 1. The van der Waals surface area contributed by atoms with Crippen molar-refractivity contribution in [2.75, 3.05) is 7.11 Å². The zero-order chi connectivity index (χ0) is 19.0. The van der Waals surface area contributed by atoms with Crippen LogP contribution >= 0.6 is 0 Å². The zero-order valence-electron chi connectivity index (χ0n) is 15.0. The number of nitrogens with one attached hydrogen (secondary N) is 1. The number of nitrogens with zero attached hydrogens (tertiary/aromatic N) is 2. The van der Waals surface area contributed by atoms with Gasteiger partial charge >= 0.3 is 0 Å². The van der Waals surface area contributed by atoms with Crippen LogP contribution in [0.5, 0.6) is 5.75 Å². The summed E-state index contributed by atoms with van der Waals surface area (Å²) in [6.45, 7) is 7.63. The molecule has 5 heteroatoms. The van der Waals surface area contributed by atoms with Gasteiger partial charge in [0.05, 0.1) is 24.9 Å². The Balaban J connectivity index is 1.62. The minimum Gasteiger partial charge on any atom is -0.497 e. The summed E-state index contributed by atoms with van der Waals surface area (Å²) in [7, 11) is 1.59. The number of hydrogen-bond donors (Lipinski definition) is 1. The number of Topliss-reactive ketones (excluding diaryl/α,β-unsaturated/α-hetero) is 1. The molecule has 0 radical (unpaired) electrons. The first-order valence-electron chi connectivity index (χ1n) is 8.63. The molecule has 1 N–H and O–H groups in total. The van der Waals surface area contributed by atoms with Crippen LogP contribution in [0.1, 0.15) is 10.4 Å². The van der Waals surface area contributed by atoms with Gasteiger partial charge in [-0.3, -0.25) is 4.79 Å². The second-order valence-corrected chi connectivity index (χ2v) is 6.46. The molecular weight excluding hydrogens is 338 g/mol. The van der Waals surface area contributed by atoms with E-state index < -0.39 is 0 Å². The van der Waals surface area contributed by atoms with E-state index in [1.165, 1.54) is 0 Å². The fourth-order valence-corrected chi connectivity index (χ4v) is 3.48. The van der Waals surface area contributed by atoms with Gasteiger partial charge in [-0.25, -0.2) is 9.98 Å². The average molecular weight is 357 g/mol. The first kappa shape index (κ1) is 17.0. The largest absolute Gasteiger partial charge is 0.497 e. The van der Waals surface area contributed by atoms with Crippen molar-refractivity contribution in [1.82, 2.24) is 5.32 Å². The quantitative estimate of drug-likeness (QED) is 0.599. The molecule has 2 atom stereocenters. The Bertz CT molecular complexity index is 1010. The number of rotatable bonds is 7. The molecule has 5 nitrogen and oxygen atoms in total. The first-order valence-corrected chi connectivity index (χ1v) is 8.63. The highest BCUT2D eigenvalue weighted by molar-refractivity contribution is 6.15. The molecule has 1 fully saturated rings. The van der Waals surface area contributed by atoms with Crippen molar-refractivity contribution >= 4 is 17.8 Å². The summed E-state index contributed by atoms with van der Waals surface area (Å²) in [5.74, 6) is 1.47. The van der Waals surface area contributed by atoms with Gasteiger partial charge in [-0.15, -0.1) is 0 Å². The van der Waals surface area contributed by atoms with Gasteiger partial charge in [0.1, 0.15) is 11.6 Å². The Labute approximate surface area is 157 Å². The lowest BCUT2D eigenvalue weighted by molar-refractivity contribution is 0.102. The molecule has 0 aromatic heterocycles. The maximum absolute atomic E-state index is 13.0. The van der Waals surface area contributed by atoms with E-state index in [2.05, 4.69) is 28.5 Å². The zero-order valence-corrected chi connectivity index (χ0v) is 15.0. The van der Waals surface area contributed by atoms with Crippen molar-refractivity contribution in [1.29, 1.82) is 0 Å². The number of fused-ring (bicyclic) bond motifs is 1. The van der Waals surface area contributed by atoms with Crippen molar-refractivity contribution < 1.29 is 9.53 Å². The van der Waals surface area contributed by atoms with Crippen molar-refractivity contribution in [2.24, 2.45) is 21.8 Å². The van der Waals surface area contributed by atoms with Crippen LogP contribution in [-0.4, -0.2) is 24.9 Å². The summed E-state index contributed by atoms with van der Waals surface area (Å²) in [5.41, 5.74) is 4.03. The number of aliphatic imine (C=N–C) groups is 2. The van der Waals surface area contributed by atoms with Crippen molar-refractivity contribution in [3.63, 3.8) is 0 Å². The van der Waals surface area contributed by atoms with E-state index in [1.54, 1.807) is 37.7 Å². The van der Waals surface area contributed by atoms with E-state index in [0.29, 0.717) is 16.9 Å². The fraction of sp³-hybridized carbons (Fsp3) is 0.136. The monoisotopic (exact) mass is 357 g/mol. The van der Waals surface area contributed by atoms with Crippen LogP contribution in [0.15, 0.2) is 94.4 Å². The molecule has 0 amide bonds. The molecule has 3 aliphatic rings. The van der Waals surface area contributed by atoms with E-state index >= 15 is 0 Å². The molecule has 2 aliphatic heterocycles. The van der Waals surface area contributed by atoms with E-state index in [4.69, 9.17) is 4.74 Å². The third-order valence-electron chi connectivity index (χ3n) is 4.80. The third kappa shape index (κ3) is 2.97. The molecule has 2 heterocycles. The van der Waals surface area contributed by atoms with Gasteiger partial charge in [-0.1, -0.05) is 37.4 Å². The summed E-state index contributed by atoms with van der Waals surface area (Å²) >= 11 is 0. The number of benzene rings is 1. The van der Waals surface area contributed by atoms with E-state index in [9.17, 15) is 4.79 Å². The number of amidine groups is 1. The number of methoxy groups -OCH3 is 1. The number of dihydropyridines is 1. The van der Waals surface area contributed by atoms with E-state index in [0.717, 1.165) is 22.8 Å². The van der Waals surface area contributed by atoms with Crippen LogP contribution in [0.3, 0.4) is 0 Å². The predicted molar refractivity (Wildman–Crippen MR) is 107 cm³/mol. The van der Waals surface area contributed by atoms with Gasteiger partial charge in [0.25, 0.3) is 0 Å². The number of carbonyl (C=O) groups is 1. The molecule has 0 saturated heterocycles. The van der Waals surface area contributed by atoms with E-state index in [1.807, 2.05) is 24.3 Å². The number of carbonyl (C=O) groups excluding carboxylic acids is 1. The number of ether oxygens (including phenoxy) is 1. The van der Waals surface area contributed by atoms with Gasteiger partial charge in [0, 0.05) is 29.0 Å². The molecule has 27 heavy (non-hydrogen) atoms. The Morgan fingerprint density at radius 2 is 2.19 bits per heavy atom. The molecule has 1 saturated carbocycles. The molecule has 2 unspecified atom stereocenters. The highest BCUT2D eigenvalue weighted by Crippen LogP contribution is 2.56. The molecular formula is C22H19N3O2. The van der Waals surface area contributed by atoms with Crippen LogP contribution in [0.4, 0.5) is 0 Å². The summed E-state index contributed by atoms with van der Waals surface area (Å²) in [6.07, 6.45) is 8.74. The topological polar surface area (TPSA) is 63.0 Å². The molecule has 0 bridgehead atoms. The second-order valence-electron chi connectivity index (χ2n) is 6.46. The Morgan fingerprint density at radius 1 is 1.33 bits per heavy atom. The van der Waals surface area contributed by atoms with Gasteiger partial charge in [0.15, 0.2) is 5.78 Å². The highest BCUT2D eigenvalue weighted by atomic mass is 16.5. The molecule has 1 aromatic rings. The number of hydrogen-bond acceptors (Lipinski definition) is 5. The maximum atomic E-state index is 13.0. The SMILES string of the molecule is C=C/C=C\C(=C)NC1=C2C3C(C(=O)c4cccc(OC)c4)=CN=C(N=C1)C23. The summed E-state index contributed by atoms with van der Waals surface area (Å²) < 4.78 is 5.23. The van der Waals surface area contributed by atoms with Crippen LogP contribution in [0, 0.1) is 11.8 Å². The van der Waals surface area contributed by atoms with Crippen LogP contribution in [-0.2, 0) is 0 Å². The predicted octanol–water partition coefficient (Wildman–Crippen LogP) is 3.60. The maximum Gasteiger partial charge on any atom is 0.191 e. The van der Waals surface area contributed by atoms with Gasteiger partial charge in [0.2, 0.25) is 0 Å². The molecule has 1 aliphatic carbocycles. The Kier molecular flexibility index (Phi) is 4.20. The normalized spacial score (nSPS) is 22.0. The molecule has 1 aromatic carbocycles. The van der Waals surface area contributed by atoms with E-state index in [-0.39, 0.29) is 17.6 Å². The standard InChI is InChI=1S/C22H19N3O2/c1-4-5-7-13(2)25-17-12-24-22-20-18(19(17)20)16(11-23-22)21(26)14-8-6-9-15(10-14)27-3/h4-12,18,20,25H,1-2H2,3H3/b7-5-. The molecule has 134 valence electrons. The van der Waals surface area contributed by atoms with Gasteiger partial charge in [-0.2, -0.15) is 0 Å². The minimum absolute atomic E-state index is 0.0115. The Morgan fingerprint density at radius 3 is 2.96 bits per heavy atom. The summed E-state index contributed by atoms with van der Waals surface area (Å²) in [5, 5.41) is 3.26. The average Bonchev–Trinajstić information content (AvgIpc) is 3.45. The van der Waals surface area contributed by atoms with Crippen molar-refractivity contribution in [3.05, 3.63) is 90.0 Å². The smallest absolute Gasteiger partial charge is 0.191 e. The lowest BCUT2D eigenvalue weighted by Crippen LogP contribution is -2.16. The Hall–Kier alpha value is -3.47. The molecule has 4 rings (SSSR count). The van der Waals surface area contributed by atoms with Crippen LogP contribution in [0.2, 0.25) is 0 Å². The van der Waals surface area contributed by atoms with Gasteiger partial charge in [-0.05, 0) is 23.8 Å². The lowest BCUT2D eigenvalue weighted by atomic mass is 9.98. The second kappa shape index (κ2) is 6.68. The highest BCUT2D eigenvalue weighted by Gasteiger charge is 2.56. The van der Waals surface area contributed by atoms with Crippen molar-refractivity contribution in [2.45, 2.75) is 0 Å². The molecule has 0 spiro atoms. The summed E-state index contributed by atoms with van der Waals surface area (Å²) in [4.78, 5) is 21.9. The fourth-order valence-electron chi connectivity index (χ4n) is 3.48. The van der Waals surface area contributed by atoms with Crippen molar-refractivity contribution in [3.8, 4) is 5.75 Å². The van der Waals surface area contributed by atoms with Crippen LogP contribution in [0.25, 0.3) is 0 Å².